The smallest absolute Gasteiger partial charge is 0.159 e. The highest BCUT2D eigenvalue weighted by atomic mass is 35.5. The zero-order valence-electron chi connectivity index (χ0n) is 14.8. The Balaban J connectivity index is 1.62. The summed E-state index contributed by atoms with van der Waals surface area (Å²) < 4.78 is 1.85. The summed E-state index contributed by atoms with van der Waals surface area (Å²) in [5.41, 5.74) is 4.36. The van der Waals surface area contributed by atoms with Crippen molar-refractivity contribution in [1.82, 2.24) is 19.7 Å². The molecule has 4 heterocycles. The van der Waals surface area contributed by atoms with Gasteiger partial charge in [-0.15, -0.1) is 0 Å². The number of nitrogens with zero attached hydrogens (tertiary/aromatic N) is 5. The molecule has 0 bridgehead atoms. The SMILES string of the molecule is Cc1cc(N2CC[C@H](c3ccc(Cl)cn3)[C@@H](C)C2)c2cnn(C)c2n1. The second-order valence-electron chi connectivity index (χ2n) is 7.01. The topological polar surface area (TPSA) is 46.8 Å². The zero-order chi connectivity index (χ0) is 17.6. The van der Waals surface area contributed by atoms with E-state index in [1.165, 1.54) is 5.69 Å². The van der Waals surface area contributed by atoms with Crippen molar-refractivity contribution in [3.8, 4) is 0 Å². The van der Waals surface area contributed by atoms with Crippen LogP contribution in [0.25, 0.3) is 11.0 Å². The van der Waals surface area contributed by atoms with Gasteiger partial charge in [-0.05, 0) is 37.5 Å². The Morgan fingerprint density at radius 3 is 2.80 bits per heavy atom. The van der Waals surface area contributed by atoms with E-state index < -0.39 is 0 Å². The van der Waals surface area contributed by atoms with Crippen molar-refractivity contribution >= 4 is 28.3 Å². The van der Waals surface area contributed by atoms with E-state index in [4.69, 9.17) is 11.6 Å². The molecule has 0 aromatic carbocycles. The lowest BCUT2D eigenvalue weighted by Crippen LogP contribution is -2.38. The van der Waals surface area contributed by atoms with Crippen LogP contribution in [-0.2, 0) is 7.05 Å². The Labute approximate surface area is 152 Å². The normalized spacial score (nSPS) is 21.0. The molecule has 0 N–H and O–H groups in total. The summed E-state index contributed by atoms with van der Waals surface area (Å²) >= 11 is 5.98. The number of halogens is 1. The number of pyridine rings is 2. The van der Waals surface area contributed by atoms with Gasteiger partial charge in [0.1, 0.15) is 0 Å². The van der Waals surface area contributed by atoms with Crippen LogP contribution in [0.4, 0.5) is 5.69 Å². The monoisotopic (exact) mass is 355 g/mol. The Hall–Kier alpha value is -2.14. The first-order valence-corrected chi connectivity index (χ1v) is 9.06. The Kier molecular flexibility index (Phi) is 4.12. The van der Waals surface area contributed by atoms with Crippen LogP contribution in [0.2, 0.25) is 5.02 Å². The predicted octanol–water partition coefficient (Wildman–Crippen LogP) is 3.96. The molecule has 0 radical (unpaired) electrons. The van der Waals surface area contributed by atoms with Gasteiger partial charge in [-0.25, -0.2) is 4.98 Å². The van der Waals surface area contributed by atoms with Gasteiger partial charge in [0.25, 0.3) is 0 Å². The van der Waals surface area contributed by atoms with Crippen molar-refractivity contribution in [2.45, 2.75) is 26.2 Å². The number of fused-ring (bicyclic) bond motifs is 1. The van der Waals surface area contributed by atoms with E-state index in [1.807, 2.05) is 30.9 Å². The number of rotatable bonds is 2. The molecule has 0 aliphatic carbocycles. The molecule has 1 aliphatic heterocycles. The molecular weight excluding hydrogens is 334 g/mol. The number of hydrogen-bond acceptors (Lipinski definition) is 4. The van der Waals surface area contributed by atoms with Gasteiger partial charge >= 0.3 is 0 Å². The maximum Gasteiger partial charge on any atom is 0.159 e. The lowest BCUT2D eigenvalue weighted by atomic mass is 9.84. The predicted molar refractivity (Wildman–Crippen MR) is 101 cm³/mol. The summed E-state index contributed by atoms with van der Waals surface area (Å²) in [4.78, 5) is 11.6. The number of anilines is 1. The Morgan fingerprint density at radius 1 is 1.24 bits per heavy atom. The third-order valence-electron chi connectivity index (χ3n) is 5.19. The quantitative estimate of drug-likeness (QED) is 0.698. The van der Waals surface area contributed by atoms with Crippen molar-refractivity contribution in [2.75, 3.05) is 18.0 Å². The molecule has 25 heavy (non-hydrogen) atoms. The molecule has 1 saturated heterocycles. The minimum atomic E-state index is 0.473. The maximum absolute atomic E-state index is 5.98. The van der Waals surface area contributed by atoms with Gasteiger partial charge in [-0.2, -0.15) is 5.10 Å². The van der Waals surface area contributed by atoms with E-state index in [2.05, 4.69) is 39.0 Å². The van der Waals surface area contributed by atoms with Crippen molar-refractivity contribution in [3.63, 3.8) is 0 Å². The second kappa shape index (κ2) is 6.30. The van der Waals surface area contributed by atoms with Crippen LogP contribution in [0.15, 0.2) is 30.6 Å². The van der Waals surface area contributed by atoms with Crippen molar-refractivity contribution in [1.29, 1.82) is 0 Å². The average Bonchev–Trinajstić information content (AvgIpc) is 2.96. The summed E-state index contributed by atoms with van der Waals surface area (Å²) in [5, 5.41) is 6.21. The van der Waals surface area contributed by atoms with E-state index in [0.717, 1.165) is 41.9 Å². The molecule has 0 spiro atoms. The van der Waals surface area contributed by atoms with Gasteiger partial charge < -0.3 is 4.90 Å². The second-order valence-corrected chi connectivity index (χ2v) is 7.44. The van der Waals surface area contributed by atoms with Gasteiger partial charge in [0.15, 0.2) is 5.65 Å². The Morgan fingerprint density at radius 2 is 2.08 bits per heavy atom. The molecule has 0 amide bonds. The lowest BCUT2D eigenvalue weighted by molar-refractivity contribution is 0.377. The molecule has 1 fully saturated rings. The van der Waals surface area contributed by atoms with Crippen molar-refractivity contribution in [2.24, 2.45) is 13.0 Å². The molecule has 5 nitrogen and oxygen atoms in total. The van der Waals surface area contributed by atoms with Crippen LogP contribution in [0.5, 0.6) is 0 Å². The van der Waals surface area contributed by atoms with Crippen molar-refractivity contribution < 1.29 is 0 Å². The summed E-state index contributed by atoms with van der Waals surface area (Å²) in [5.74, 6) is 0.989. The molecule has 6 heteroatoms. The molecule has 4 rings (SSSR count). The van der Waals surface area contributed by atoms with Crippen LogP contribution in [0.3, 0.4) is 0 Å². The minimum Gasteiger partial charge on any atom is -0.371 e. The van der Waals surface area contributed by atoms with Gasteiger partial charge in [0.2, 0.25) is 0 Å². The van der Waals surface area contributed by atoms with Gasteiger partial charge in [-0.1, -0.05) is 18.5 Å². The third kappa shape index (κ3) is 2.97. The molecular formula is C19H22ClN5. The van der Waals surface area contributed by atoms with Crippen LogP contribution in [0, 0.1) is 12.8 Å². The standard InChI is InChI=1S/C19H22ClN5/c1-12-11-25(7-6-15(12)17-5-4-14(20)9-21-17)18-8-13(2)23-19-16(18)10-22-24(19)3/h4-5,8-10,12,15H,6-7,11H2,1-3H3/t12-,15-/m0/s1. The molecule has 3 aromatic rings. The molecule has 1 aliphatic rings. The Bertz CT molecular complexity index is 902. The number of aromatic nitrogens is 4. The minimum absolute atomic E-state index is 0.473. The van der Waals surface area contributed by atoms with E-state index in [0.29, 0.717) is 16.9 Å². The molecule has 130 valence electrons. The summed E-state index contributed by atoms with van der Waals surface area (Å²) in [6.45, 7) is 6.36. The van der Waals surface area contributed by atoms with Crippen LogP contribution >= 0.6 is 11.6 Å². The fourth-order valence-corrected chi connectivity index (χ4v) is 4.00. The highest BCUT2D eigenvalue weighted by Gasteiger charge is 2.29. The van der Waals surface area contributed by atoms with Crippen LogP contribution in [-0.4, -0.2) is 32.8 Å². The molecule has 3 aromatic heterocycles. The first-order valence-electron chi connectivity index (χ1n) is 8.68. The van der Waals surface area contributed by atoms with E-state index in [-0.39, 0.29) is 0 Å². The van der Waals surface area contributed by atoms with Gasteiger partial charge in [0, 0.05) is 43.6 Å². The highest BCUT2D eigenvalue weighted by molar-refractivity contribution is 6.30. The first kappa shape index (κ1) is 16.3. The summed E-state index contributed by atoms with van der Waals surface area (Å²) in [7, 11) is 1.94. The number of piperidine rings is 1. The van der Waals surface area contributed by atoms with Crippen LogP contribution in [0.1, 0.15) is 30.7 Å². The summed E-state index contributed by atoms with van der Waals surface area (Å²) in [6.07, 6.45) is 4.76. The highest BCUT2D eigenvalue weighted by Crippen LogP contribution is 2.36. The first-order chi connectivity index (χ1) is 12.0. The van der Waals surface area contributed by atoms with Gasteiger partial charge in [0.05, 0.1) is 22.3 Å². The van der Waals surface area contributed by atoms with Gasteiger partial charge in [-0.3, -0.25) is 9.67 Å². The van der Waals surface area contributed by atoms with E-state index >= 15 is 0 Å². The van der Waals surface area contributed by atoms with Crippen LogP contribution < -0.4 is 4.90 Å². The maximum atomic E-state index is 5.98. The van der Waals surface area contributed by atoms with E-state index in [9.17, 15) is 0 Å². The number of hydrogen-bond donors (Lipinski definition) is 0. The van der Waals surface area contributed by atoms with Crippen molar-refractivity contribution in [3.05, 3.63) is 47.0 Å². The fraction of sp³-hybridized carbons (Fsp3) is 0.421. The number of aryl methyl sites for hydroxylation is 2. The average molecular weight is 356 g/mol. The summed E-state index contributed by atoms with van der Waals surface area (Å²) in [6, 6.07) is 6.18. The lowest BCUT2D eigenvalue weighted by Gasteiger charge is -2.38. The third-order valence-corrected chi connectivity index (χ3v) is 5.41. The van der Waals surface area contributed by atoms with E-state index in [1.54, 1.807) is 6.20 Å². The molecule has 0 unspecified atom stereocenters. The fourth-order valence-electron chi connectivity index (χ4n) is 3.89. The largest absolute Gasteiger partial charge is 0.371 e. The zero-order valence-corrected chi connectivity index (χ0v) is 15.5. The molecule has 2 atom stereocenters. The molecule has 0 saturated carbocycles.